The highest BCUT2D eigenvalue weighted by Crippen LogP contribution is 2.28. The molecule has 32 heavy (non-hydrogen) atoms. The largest absolute Gasteiger partial charge is 0.495 e. The summed E-state index contributed by atoms with van der Waals surface area (Å²) >= 11 is 0. The van der Waals surface area contributed by atoms with Gasteiger partial charge in [0.2, 0.25) is 15.9 Å². The molecule has 1 aliphatic heterocycles. The van der Waals surface area contributed by atoms with Gasteiger partial charge in [0, 0.05) is 38.4 Å². The first-order chi connectivity index (χ1) is 15.2. The molecule has 0 aromatic heterocycles. The molecular weight excluding hydrogens is 426 g/mol. The summed E-state index contributed by atoms with van der Waals surface area (Å²) in [6.45, 7) is 10.4. The van der Waals surface area contributed by atoms with Crippen molar-refractivity contribution in [3.63, 3.8) is 0 Å². The zero-order valence-electron chi connectivity index (χ0n) is 19.6. The van der Waals surface area contributed by atoms with E-state index in [9.17, 15) is 13.2 Å². The van der Waals surface area contributed by atoms with Crippen LogP contribution in [0.3, 0.4) is 0 Å². The van der Waals surface area contributed by atoms with Crippen molar-refractivity contribution in [1.29, 1.82) is 0 Å². The molecule has 0 aliphatic carbocycles. The van der Waals surface area contributed by atoms with Gasteiger partial charge in [0.25, 0.3) is 0 Å². The van der Waals surface area contributed by atoms with Gasteiger partial charge in [-0.25, -0.2) is 8.42 Å². The van der Waals surface area contributed by atoms with Gasteiger partial charge in [-0.3, -0.25) is 4.79 Å². The number of likely N-dealkylation sites (N-methyl/N-ethyl adjacent to an activating group) is 1. The zero-order chi connectivity index (χ0) is 23.5. The summed E-state index contributed by atoms with van der Waals surface area (Å²) in [6, 6.07) is 11.3. The van der Waals surface area contributed by atoms with E-state index >= 15 is 0 Å². The number of nitrogens with zero attached hydrogens (tertiary/aromatic N) is 3. The molecule has 1 aliphatic rings. The van der Waals surface area contributed by atoms with Gasteiger partial charge in [-0.2, -0.15) is 4.31 Å². The Kier molecular flexibility index (Phi) is 7.46. The van der Waals surface area contributed by atoms with Crippen molar-refractivity contribution in [2.45, 2.75) is 32.6 Å². The van der Waals surface area contributed by atoms with Crippen LogP contribution < -0.4 is 9.64 Å². The fraction of sp³-hybridized carbons (Fsp3) is 0.458. The van der Waals surface area contributed by atoms with E-state index < -0.39 is 10.0 Å². The Hall–Kier alpha value is -2.58. The van der Waals surface area contributed by atoms with Gasteiger partial charge >= 0.3 is 0 Å². The highest BCUT2D eigenvalue weighted by atomic mass is 32.2. The van der Waals surface area contributed by atoms with Gasteiger partial charge in [0.05, 0.1) is 13.7 Å². The van der Waals surface area contributed by atoms with E-state index in [1.165, 1.54) is 28.2 Å². The second-order valence-electron chi connectivity index (χ2n) is 8.17. The molecule has 0 radical (unpaired) electrons. The smallest absolute Gasteiger partial charge is 0.247 e. The third kappa shape index (κ3) is 4.91. The number of hydrogen-bond acceptors (Lipinski definition) is 5. The Labute approximate surface area is 191 Å². The topological polar surface area (TPSA) is 70.2 Å². The third-order valence-corrected chi connectivity index (χ3v) is 8.09. The van der Waals surface area contributed by atoms with Crippen LogP contribution in [0.2, 0.25) is 0 Å². The van der Waals surface area contributed by atoms with Crippen LogP contribution in [0.1, 0.15) is 23.6 Å². The van der Waals surface area contributed by atoms with Crippen molar-refractivity contribution in [3.8, 4) is 5.75 Å². The minimum atomic E-state index is -3.86. The highest BCUT2D eigenvalue weighted by Gasteiger charge is 2.31. The molecule has 3 rings (SSSR count). The summed E-state index contributed by atoms with van der Waals surface area (Å²) < 4.78 is 33.1. The van der Waals surface area contributed by atoms with E-state index in [-0.39, 0.29) is 29.6 Å². The molecule has 1 heterocycles. The van der Waals surface area contributed by atoms with Gasteiger partial charge < -0.3 is 14.5 Å². The Morgan fingerprint density at radius 3 is 2.38 bits per heavy atom. The number of carbonyl (C=O) groups is 1. The van der Waals surface area contributed by atoms with E-state index in [0.717, 1.165) is 18.7 Å². The van der Waals surface area contributed by atoms with Gasteiger partial charge in [0.1, 0.15) is 10.6 Å². The van der Waals surface area contributed by atoms with Gasteiger partial charge in [0.15, 0.2) is 0 Å². The normalized spacial score (nSPS) is 14.7. The summed E-state index contributed by atoms with van der Waals surface area (Å²) in [5.41, 5.74) is 4.51. The first kappa shape index (κ1) is 24.1. The first-order valence-corrected chi connectivity index (χ1v) is 12.4. The molecule has 0 atom stereocenters. The van der Waals surface area contributed by atoms with E-state index in [0.29, 0.717) is 13.1 Å². The Morgan fingerprint density at radius 2 is 1.75 bits per heavy atom. The van der Waals surface area contributed by atoms with E-state index in [2.05, 4.69) is 36.9 Å². The summed E-state index contributed by atoms with van der Waals surface area (Å²) in [4.78, 5) is 17.1. The SMILES string of the molecule is CCN(CC(=O)N1CCN(c2cccc(C)c2C)CC1)S(=O)(=O)c1cc(C)ccc1OC. The van der Waals surface area contributed by atoms with Crippen molar-refractivity contribution in [3.05, 3.63) is 53.1 Å². The van der Waals surface area contributed by atoms with Crippen molar-refractivity contribution < 1.29 is 17.9 Å². The maximum Gasteiger partial charge on any atom is 0.247 e. The predicted molar refractivity (Wildman–Crippen MR) is 127 cm³/mol. The molecule has 1 saturated heterocycles. The van der Waals surface area contributed by atoms with Crippen LogP contribution >= 0.6 is 0 Å². The number of carbonyl (C=O) groups excluding carboxylic acids is 1. The molecule has 0 N–H and O–H groups in total. The highest BCUT2D eigenvalue weighted by molar-refractivity contribution is 7.89. The minimum Gasteiger partial charge on any atom is -0.495 e. The number of methoxy groups -OCH3 is 1. The number of sulfonamides is 1. The maximum atomic E-state index is 13.3. The van der Waals surface area contributed by atoms with Crippen LogP contribution in [-0.4, -0.2) is 69.9 Å². The fourth-order valence-corrected chi connectivity index (χ4v) is 5.66. The Bertz CT molecular complexity index is 1080. The number of amides is 1. The van der Waals surface area contributed by atoms with E-state index in [1.807, 2.05) is 6.92 Å². The molecule has 1 fully saturated rings. The molecule has 0 bridgehead atoms. The summed E-state index contributed by atoms with van der Waals surface area (Å²) in [7, 11) is -2.42. The van der Waals surface area contributed by atoms with Crippen LogP contribution in [-0.2, 0) is 14.8 Å². The quantitative estimate of drug-likeness (QED) is 0.637. The predicted octanol–water partition coefficient (Wildman–Crippen LogP) is 2.98. The molecular formula is C24H33N3O4S. The van der Waals surface area contributed by atoms with Crippen LogP contribution in [0.15, 0.2) is 41.3 Å². The van der Waals surface area contributed by atoms with Crippen LogP contribution in [0.4, 0.5) is 5.69 Å². The lowest BCUT2D eigenvalue weighted by Gasteiger charge is -2.37. The van der Waals surface area contributed by atoms with Crippen molar-refractivity contribution >= 4 is 21.6 Å². The third-order valence-electron chi connectivity index (χ3n) is 6.15. The summed E-state index contributed by atoms with van der Waals surface area (Å²) in [6.07, 6.45) is 0. The minimum absolute atomic E-state index is 0.0920. The van der Waals surface area contributed by atoms with E-state index in [1.54, 1.807) is 30.0 Å². The number of hydrogen-bond donors (Lipinski definition) is 0. The number of aryl methyl sites for hydroxylation is 2. The molecule has 0 spiro atoms. The van der Waals surface area contributed by atoms with Crippen LogP contribution in [0, 0.1) is 20.8 Å². The zero-order valence-corrected chi connectivity index (χ0v) is 20.4. The number of piperazine rings is 1. The molecule has 174 valence electrons. The number of benzene rings is 2. The molecule has 7 nitrogen and oxygen atoms in total. The lowest BCUT2D eigenvalue weighted by atomic mass is 10.1. The Morgan fingerprint density at radius 1 is 1.06 bits per heavy atom. The van der Waals surface area contributed by atoms with Crippen molar-refractivity contribution in [2.75, 3.05) is 51.3 Å². The Balaban J connectivity index is 1.70. The average molecular weight is 460 g/mol. The standard InChI is InChI=1S/C24H33N3O4S/c1-6-27(32(29,30)23-16-18(2)10-11-22(23)31-5)17-24(28)26-14-12-25(13-15-26)21-9-7-8-19(3)20(21)4/h7-11,16H,6,12-15,17H2,1-5H3. The molecule has 2 aromatic carbocycles. The molecule has 8 heteroatoms. The summed E-state index contributed by atoms with van der Waals surface area (Å²) in [5.74, 6) is 0.103. The number of rotatable bonds is 7. The van der Waals surface area contributed by atoms with Gasteiger partial charge in [-0.1, -0.05) is 25.1 Å². The maximum absolute atomic E-state index is 13.3. The molecule has 0 saturated carbocycles. The lowest BCUT2D eigenvalue weighted by molar-refractivity contribution is -0.131. The molecule has 2 aromatic rings. The van der Waals surface area contributed by atoms with Crippen molar-refractivity contribution in [2.24, 2.45) is 0 Å². The fourth-order valence-electron chi connectivity index (χ4n) is 4.02. The molecule has 1 amide bonds. The van der Waals surface area contributed by atoms with Crippen LogP contribution in [0.25, 0.3) is 0 Å². The van der Waals surface area contributed by atoms with Crippen molar-refractivity contribution in [1.82, 2.24) is 9.21 Å². The second kappa shape index (κ2) is 9.92. The average Bonchev–Trinajstić information content (AvgIpc) is 2.79. The number of anilines is 1. The van der Waals surface area contributed by atoms with E-state index in [4.69, 9.17) is 4.74 Å². The monoisotopic (exact) mass is 459 g/mol. The van der Waals surface area contributed by atoms with Gasteiger partial charge in [-0.15, -0.1) is 0 Å². The van der Waals surface area contributed by atoms with Gasteiger partial charge in [-0.05, 0) is 55.7 Å². The summed E-state index contributed by atoms with van der Waals surface area (Å²) in [5, 5.41) is 0. The second-order valence-corrected chi connectivity index (χ2v) is 10.1. The number of ether oxygens (including phenoxy) is 1. The lowest BCUT2D eigenvalue weighted by Crippen LogP contribution is -2.52. The molecule has 0 unspecified atom stereocenters. The van der Waals surface area contributed by atoms with Crippen LogP contribution in [0.5, 0.6) is 5.75 Å². The first-order valence-electron chi connectivity index (χ1n) is 10.9.